The molecule has 2 aliphatic carbocycles. The van der Waals surface area contributed by atoms with Crippen LogP contribution in [0.15, 0.2) is 24.3 Å². The Kier molecular flexibility index (Phi) is 4.59. The molecule has 3 rings (SSSR count). The van der Waals surface area contributed by atoms with E-state index >= 15 is 0 Å². The number of nitrogens with two attached hydrogens (primary N) is 1. The first-order valence-corrected chi connectivity index (χ1v) is 8.35. The summed E-state index contributed by atoms with van der Waals surface area (Å²) in [4.78, 5) is 12.6. The Labute approximate surface area is 127 Å². The quantitative estimate of drug-likeness (QED) is 0.896. The number of fused-ring (bicyclic) bond motifs is 1. The van der Waals surface area contributed by atoms with Gasteiger partial charge in [0.15, 0.2) is 0 Å². The van der Waals surface area contributed by atoms with Gasteiger partial charge in [0.05, 0.1) is 0 Å². The van der Waals surface area contributed by atoms with Gasteiger partial charge in [-0.1, -0.05) is 37.1 Å². The van der Waals surface area contributed by atoms with Crippen LogP contribution < -0.4 is 11.1 Å². The molecule has 3 unspecified atom stereocenters. The van der Waals surface area contributed by atoms with E-state index in [0.29, 0.717) is 18.5 Å². The van der Waals surface area contributed by atoms with Gasteiger partial charge in [-0.05, 0) is 55.7 Å². The highest BCUT2D eigenvalue weighted by Crippen LogP contribution is 2.30. The van der Waals surface area contributed by atoms with E-state index in [1.807, 2.05) is 0 Å². The SMILES string of the molecule is NCC1CCCCC1C(=O)NC1CCc2ccccc2C1. The summed E-state index contributed by atoms with van der Waals surface area (Å²) < 4.78 is 0. The minimum Gasteiger partial charge on any atom is -0.353 e. The number of aryl methyl sites for hydroxylation is 1. The summed E-state index contributed by atoms with van der Waals surface area (Å²) in [6, 6.07) is 8.89. The second-order valence-electron chi connectivity index (χ2n) is 6.60. The summed E-state index contributed by atoms with van der Waals surface area (Å²) >= 11 is 0. The van der Waals surface area contributed by atoms with Crippen LogP contribution in [0.4, 0.5) is 0 Å². The molecule has 2 aliphatic rings. The molecule has 1 aromatic carbocycles. The molecular formula is C18H26N2O. The molecule has 0 aromatic heterocycles. The molecule has 3 atom stereocenters. The highest BCUT2D eigenvalue weighted by molar-refractivity contribution is 5.79. The number of amides is 1. The first-order valence-electron chi connectivity index (χ1n) is 8.35. The van der Waals surface area contributed by atoms with E-state index < -0.39 is 0 Å². The topological polar surface area (TPSA) is 55.1 Å². The smallest absolute Gasteiger partial charge is 0.223 e. The fraction of sp³-hybridized carbons (Fsp3) is 0.611. The Morgan fingerprint density at radius 2 is 1.90 bits per heavy atom. The molecule has 21 heavy (non-hydrogen) atoms. The summed E-state index contributed by atoms with van der Waals surface area (Å²) in [5.41, 5.74) is 8.69. The third kappa shape index (κ3) is 3.29. The minimum atomic E-state index is 0.140. The van der Waals surface area contributed by atoms with Gasteiger partial charge in [0.2, 0.25) is 5.91 Å². The van der Waals surface area contributed by atoms with Crippen molar-refractivity contribution in [3.8, 4) is 0 Å². The van der Waals surface area contributed by atoms with Gasteiger partial charge < -0.3 is 11.1 Å². The largest absolute Gasteiger partial charge is 0.353 e. The van der Waals surface area contributed by atoms with Crippen LogP contribution in [0.3, 0.4) is 0 Å². The van der Waals surface area contributed by atoms with Crippen LogP contribution in [-0.2, 0) is 17.6 Å². The Hall–Kier alpha value is -1.35. The fourth-order valence-electron chi connectivity index (χ4n) is 3.96. The molecular weight excluding hydrogens is 260 g/mol. The molecule has 114 valence electrons. The summed E-state index contributed by atoms with van der Waals surface area (Å²) in [6.07, 6.45) is 7.63. The van der Waals surface area contributed by atoms with Gasteiger partial charge in [-0.3, -0.25) is 4.79 Å². The molecule has 3 nitrogen and oxygen atoms in total. The zero-order valence-corrected chi connectivity index (χ0v) is 12.7. The maximum Gasteiger partial charge on any atom is 0.223 e. The van der Waals surface area contributed by atoms with Crippen molar-refractivity contribution in [2.75, 3.05) is 6.54 Å². The zero-order valence-electron chi connectivity index (χ0n) is 12.7. The predicted molar refractivity (Wildman–Crippen MR) is 84.9 cm³/mol. The summed E-state index contributed by atoms with van der Waals surface area (Å²) in [7, 11) is 0. The molecule has 0 spiro atoms. The lowest BCUT2D eigenvalue weighted by atomic mass is 9.78. The van der Waals surface area contributed by atoms with Crippen molar-refractivity contribution in [2.24, 2.45) is 17.6 Å². The summed E-state index contributed by atoms with van der Waals surface area (Å²) in [5, 5.41) is 3.30. The molecule has 0 aliphatic heterocycles. The monoisotopic (exact) mass is 286 g/mol. The minimum absolute atomic E-state index is 0.140. The lowest BCUT2D eigenvalue weighted by Crippen LogP contribution is -2.45. The maximum absolute atomic E-state index is 12.6. The molecule has 3 N–H and O–H groups in total. The highest BCUT2D eigenvalue weighted by atomic mass is 16.2. The Balaban J connectivity index is 1.60. The van der Waals surface area contributed by atoms with Crippen LogP contribution in [0, 0.1) is 11.8 Å². The van der Waals surface area contributed by atoms with Gasteiger partial charge in [0.1, 0.15) is 0 Å². The van der Waals surface area contributed by atoms with E-state index in [0.717, 1.165) is 32.1 Å². The van der Waals surface area contributed by atoms with Crippen LogP contribution in [0.2, 0.25) is 0 Å². The van der Waals surface area contributed by atoms with Crippen molar-refractivity contribution < 1.29 is 4.79 Å². The first kappa shape index (κ1) is 14.6. The van der Waals surface area contributed by atoms with Gasteiger partial charge in [-0.2, -0.15) is 0 Å². The number of hydrogen-bond donors (Lipinski definition) is 2. The third-order valence-electron chi connectivity index (χ3n) is 5.24. The Bertz CT molecular complexity index is 500. The Morgan fingerprint density at radius 3 is 2.71 bits per heavy atom. The van der Waals surface area contributed by atoms with Crippen molar-refractivity contribution in [3.05, 3.63) is 35.4 Å². The number of nitrogens with one attached hydrogen (secondary N) is 1. The molecule has 1 amide bonds. The number of benzene rings is 1. The van der Waals surface area contributed by atoms with Gasteiger partial charge in [0.25, 0.3) is 0 Å². The van der Waals surface area contributed by atoms with Crippen LogP contribution >= 0.6 is 0 Å². The summed E-state index contributed by atoms with van der Waals surface area (Å²) in [5.74, 6) is 0.769. The van der Waals surface area contributed by atoms with E-state index in [4.69, 9.17) is 5.73 Å². The van der Waals surface area contributed by atoms with Crippen LogP contribution in [0.5, 0.6) is 0 Å². The third-order valence-corrected chi connectivity index (χ3v) is 5.24. The normalized spacial score (nSPS) is 28.7. The van der Waals surface area contributed by atoms with Crippen LogP contribution in [0.25, 0.3) is 0 Å². The molecule has 0 radical (unpaired) electrons. The van der Waals surface area contributed by atoms with Crippen molar-refractivity contribution in [2.45, 2.75) is 51.0 Å². The van der Waals surface area contributed by atoms with Crippen LogP contribution in [-0.4, -0.2) is 18.5 Å². The lowest BCUT2D eigenvalue weighted by Gasteiger charge is -2.32. The molecule has 3 heteroatoms. The molecule has 0 saturated heterocycles. The molecule has 1 fully saturated rings. The van der Waals surface area contributed by atoms with E-state index in [9.17, 15) is 4.79 Å². The molecule has 0 bridgehead atoms. The van der Waals surface area contributed by atoms with Crippen molar-refractivity contribution in [1.29, 1.82) is 0 Å². The highest BCUT2D eigenvalue weighted by Gasteiger charge is 2.31. The van der Waals surface area contributed by atoms with Crippen molar-refractivity contribution >= 4 is 5.91 Å². The van der Waals surface area contributed by atoms with Crippen molar-refractivity contribution in [1.82, 2.24) is 5.32 Å². The average Bonchev–Trinajstić information content (AvgIpc) is 2.54. The van der Waals surface area contributed by atoms with Gasteiger partial charge >= 0.3 is 0 Å². The zero-order chi connectivity index (χ0) is 14.7. The number of rotatable bonds is 3. The number of carbonyl (C=O) groups is 1. The van der Waals surface area contributed by atoms with E-state index in [-0.39, 0.29) is 11.8 Å². The second-order valence-corrected chi connectivity index (χ2v) is 6.60. The van der Waals surface area contributed by atoms with E-state index in [1.165, 1.54) is 24.0 Å². The molecule has 0 heterocycles. The molecule has 1 saturated carbocycles. The van der Waals surface area contributed by atoms with Gasteiger partial charge in [-0.15, -0.1) is 0 Å². The molecule has 1 aromatic rings. The second kappa shape index (κ2) is 6.61. The van der Waals surface area contributed by atoms with Gasteiger partial charge in [-0.25, -0.2) is 0 Å². The maximum atomic E-state index is 12.6. The summed E-state index contributed by atoms with van der Waals surface area (Å²) in [6.45, 7) is 0.644. The van der Waals surface area contributed by atoms with Crippen molar-refractivity contribution in [3.63, 3.8) is 0 Å². The average molecular weight is 286 g/mol. The standard InChI is InChI=1S/C18H26N2O/c19-12-15-7-3-4-8-17(15)18(21)20-16-10-9-13-5-1-2-6-14(13)11-16/h1-2,5-6,15-17H,3-4,7-12,19H2,(H,20,21). The number of hydrogen-bond acceptors (Lipinski definition) is 2. The first-order chi connectivity index (χ1) is 10.3. The van der Waals surface area contributed by atoms with E-state index in [1.54, 1.807) is 0 Å². The lowest BCUT2D eigenvalue weighted by molar-refractivity contribution is -0.128. The van der Waals surface area contributed by atoms with Crippen LogP contribution in [0.1, 0.15) is 43.2 Å². The van der Waals surface area contributed by atoms with Gasteiger partial charge in [0, 0.05) is 12.0 Å². The Morgan fingerprint density at radius 1 is 1.14 bits per heavy atom. The fourth-order valence-corrected chi connectivity index (χ4v) is 3.96. The predicted octanol–water partition coefficient (Wildman–Crippen LogP) is 2.43. The number of carbonyl (C=O) groups excluding carboxylic acids is 1. The van der Waals surface area contributed by atoms with E-state index in [2.05, 4.69) is 29.6 Å².